The number of rotatable bonds is 3. The summed E-state index contributed by atoms with van der Waals surface area (Å²) >= 11 is 0. The number of likely N-dealkylation sites (tertiary alicyclic amines) is 1. The molecule has 4 nitrogen and oxygen atoms in total. The number of likely N-dealkylation sites (N-methyl/N-ethyl adjacent to an activating group) is 1. The third-order valence-electron chi connectivity index (χ3n) is 6.22. The molecule has 0 radical (unpaired) electrons. The lowest BCUT2D eigenvalue weighted by atomic mass is 9.97. The first-order valence-corrected chi connectivity index (χ1v) is 9.77. The predicted molar refractivity (Wildman–Crippen MR) is 102 cm³/mol. The minimum absolute atomic E-state index is 0.118. The third-order valence-corrected chi connectivity index (χ3v) is 6.22. The summed E-state index contributed by atoms with van der Waals surface area (Å²) in [5, 5.41) is 0. The van der Waals surface area contributed by atoms with Crippen LogP contribution in [0.3, 0.4) is 0 Å². The third kappa shape index (κ3) is 3.55. The van der Waals surface area contributed by atoms with Crippen LogP contribution in [0.25, 0.3) is 0 Å². The molecule has 3 rings (SSSR count). The highest BCUT2D eigenvalue weighted by Gasteiger charge is 2.43. The summed E-state index contributed by atoms with van der Waals surface area (Å²) in [6.45, 7) is 7.30. The maximum absolute atomic E-state index is 13.5. The number of hydrogen-bond donors (Lipinski definition) is 0. The molecule has 0 bridgehead atoms. The molecule has 2 saturated heterocycles. The molecule has 2 aliphatic heterocycles. The number of carbonyl (C=O) groups is 1. The quantitative estimate of drug-likeness (QED) is 0.779. The van der Waals surface area contributed by atoms with Crippen LogP contribution in [0.15, 0.2) is 12.1 Å². The van der Waals surface area contributed by atoms with E-state index in [-0.39, 0.29) is 6.04 Å². The molecule has 1 amide bonds. The van der Waals surface area contributed by atoms with Gasteiger partial charge in [-0.2, -0.15) is 0 Å². The summed E-state index contributed by atoms with van der Waals surface area (Å²) in [4.78, 5) is 15.5. The molecule has 2 heterocycles. The zero-order chi connectivity index (χ0) is 18.0. The highest BCUT2D eigenvalue weighted by molar-refractivity contribution is 5.98. The molecule has 1 aromatic rings. The van der Waals surface area contributed by atoms with Crippen molar-refractivity contribution in [2.75, 3.05) is 38.7 Å². The highest BCUT2D eigenvalue weighted by Crippen LogP contribution is 2.34. The Kier molecular flexibility index (Phi) is 5.38. The van der Waals surface area contributed by atoms with Gasteiger partial charge in [0.2, 0.25) is 0 Å². The Hall–Kier alpha value is -1.55. The van der Waals surface area contributed by atoms with Gasteiger partial charge in [-0.05, 0) is 69.2 Å². The average molecular weight is 346 g/mol. The second-order valence-electron chi connectivity index (χ2n) is 8.10. The molecule has 1 atom stereocenters. The van der Waals surface area contributed by atoms with Gasteiger partial charge in [0, 0.05) is 18.7 Å². The van der Waals surface area contributed by atoms with Crippen molar-refractivity contribution in [2.45, 2.75) is 58.4 Å². The fourth-order valence-corrected chi connectivity index (χ4v) is 4.84. The SMILES string of the molecule is COc1cc(C)c(N2CCCC([N+]3(C)CCCCCC3)C2=O)c(C)c1. The van der Waals surface area contributed by atoms with E-state index in [1.54, 1.807) is 7.11 Å². The van der Waals surface area contributed by atoms with Crippen LogP contribution < -0.4 is 9.64 Å². The number of benzene rings is 1. The van der Waals surface area contributed by atoms with Crippen molar-refractivity contribution in [1.29, 1.82) is 0 Å². The maximum atomic E-state index is 13.5. The van der Waals surface area contributed by atoms with E-state index in [1.807, 2.05) is 12.1 Å². The molecule has 0 aromatic heterocycles. The number of carbonyl (C=O) groups excluding carboxylic acids is 1. The zero-order valence-corrected chi connectivity index (χ0v) is 16.3. The second-order valence-corrected chi connectivity index (χ2v) is 8.10. The van der Waals surface area contributed by atoms with Crippen molar-refractivity contribution in [2.24, 2.45) is 0 Å². The van der Waals surface area contributed by atoms with Gasteiger partial charge in [0.05, 0.1) is 27.2 Å². The van der Waals surface area contributed by atoms with Crippen LogP contribution in [0, 0.1) is 13.8 Å². The molecule has 0 spiro atoms. The zero-order valence-electron chi connectivity index (χ0n) is 16.3. The lowest BCUT2D eigenvalue weighted by Crippen LogP contribution is -2.62. The van der Waals surface area contributed by atoms with Gasteiger partial charge < -0.3 is 14.1 Å². The Bertz CT molecular complexity index is 610. The van der Waals surface area contributed by atoms with E-state index >= 15 is 0 Å². The number of anilines is 1. The Morgan fingerprint density at radius 2 is 1.64 bits per heavy atom. The molecular weight excluding hydrogens is 312 g/mol. The molecule has 0 saturated carbocycles. The van der Waals surface area contributed by atoms with Crippen molar-refractivity contribution in [3.63, 3.8) is 0 Å². The summed E-state index contributed by atoms with van der Waals surface area (Å²) < 4.78 is 6.32. The molecule has 138 valence electrons. The van der Waals surface area contributed by atoms with Crippen LogP contribution in [0.5, 0.6) is 5.75 Å². The fraction of sp³-hybridized carbons (Fsp3) is 0.667. The second kappa shape index (κ2) is 7.36. The van der Waals surface area contributed by atoms with Gasteiger partial charge >= 0.3 is 0 Å². The lowest BCUT2D eigenvalue weighted by Gasteiger charge is -2.45. The highest BCUT2D eigenvalue weighted by atomic mass is 16.5. The number of piperidine rings is 1. The van der Waals surface area contributed by atoms with Gasteiger partial charge in [0.15, 0.2) is 6.04 Å². The van der Waals surface area contributed by atoms with Crippen LogP contribution in [0.2, 0.25) is 0 Å². The molecule has 0 aliphatic carbocycles. The van der Waals surface area contributed by atoms with E-state index < -0.39 is 0 Å². The number of nitrogens with zero attached hydrogens (tertiary/aromatic N) is 2. The Morgan fingerprint density at radius 3 is 2.20 bits per heavy atom. The number of amides is 1. The summed E-state index contributed by atoms with van der Waals surface area (Å²) in [5.41, 5.74) is 3.35. The number of methoxy groups -OCH3 is 1. The van der Waals surface area contributed by atoms with Crippen LogP contribution >= 0.6 is 0 Å². The van der Waals surface area contributed by atoms with Crippen LogP contribution in [-0.2, 0) is 4.79 Å². The van der Waals surface area contributed by atoms with Gasteiger partial charge in [-0.25, -0.2) is 0 Å². The smallest absolute Gasteiger partial charge is 0.285 e. The van der Waals surface area contributed by atoms with Crippen molar-refractivity contribution in [3.05, 3.63) is 23.3 Å². The summed E-state index contributed by atoms with van der Waals surface area (Å²) in [5.74, 6) is 1.19. The van der Waals surface area contributed by atoms with Gasteiger partial charge in [-0.1, -0.05) is 0 Å². The molecule has 4 heteroatoms. The van der Waals surface area contributed by atoms with Crippen LogP contribution in [0.4, 0.5) is 5.69 Å². The van der Waals surface area contributed by atoms with Gasteiger partial charge in [0.25, 0.3) is 5.91 Å². The van der Waals surface area contributed by atoms with Crippen LogP contribution in [-0.4, -0.2) is 50.2 Å². The predicted octanol–water partition coefficient (Wildman–Crippen LogP) is 3.83. The first-order valence-electron chi connectivity index (χ1n) is 9.77. The van der Waals surface area contributed by atoms with E-state index in [9.17, 15) is 4.79 Å². The van der Waals surface area contributed by atoms with Crippen LogP contribution in [0.1, 0.15) is 49.7 Å². The average Bonchev–Trinajstić information content (AvgIpc) is 2.81. The first kappa shape index (κ1) is 18.2. The fourth-order valence-electron chi connectivity index (χ4n) is 4.84. The minimum Gasteiger partial charge on any atom is -0.497 e. The van der Waals surface area contributed by atoms with E-state index in [1.165, 1.54) is 25.7 Å². The normalized spacial score (nSPS) is 24.1. The van der Waals surface area contributed by atoms with E-state index in [2.05, 4.69) is 25.8 Å². The summed E-state index contributed by atoms with van der Waals surface area (Å²) in [7, 11) is 4.01. The number of hydrogen-bond acceptors (Lipinski definition) is 2. The van der Waals surface area contributed by atoms with Crippen molar-refractivity contribution in [3.8, 4) is 5.75 Å². The van der Waals surface area contributed by atoms with E-state index in [4.69, 9.17) is 4.74 Å². The molecule has 25 heavy (non-hydrogen) atoms. The van der Waals surface area contributed by atoms with Crippen molar-refractivity contribution in [1.82, 2.24) is 0 Å². The van der Waals surface area contributed by atoms with Crippen molar-refractivity contribution < 1.29 is 14.0 Å². The molecule has 2 fully saturated rings. The monoisotopic (exact) mass is 345 g/mol. The van der Waals surface area contributed by atoms with Gasteiger partial charge in [-0.15, -0.1) is 0 Å². The maximum Gasteiger partial charge on any atom is 0.285 e. The summed E-state index contributed by atoms with van der Waals surface area (Å²) in [6.07, 6.45) is 7.25. The van der Waals surface area contributed by atoms with E-state index in [0.717, 1.165) is 59.5 Å². The molecule has 2 aliphatic rings. The standard InChI is InChI=1S/C21H33N2O2/c1-16-14-18(25-4)15-17(2)20(16)22-11-9-10-19(21(22)24)23(3)12-7-5-6-8-13-23/h14-15,19H,5-13H2,1-4H3/q+1. The molecular formula is C21H33N2O2+. The van der Waals surface area contributed by atoms with E-state index in [0.29, 0.717) is 5.91 Å². The van der Waals surface area contributed by atoms with Gasteiger partial charge in [-0.3, -0.25) is 4.79 Å². The molecule has 1 unspecified atom stereocenters. The molecule has 1 aromatic carbocycles. The topological polar surface area (TPSA) is 29.5 Å². The Morgan fingerprint density at radius 1 is 1.04 bits per heavy atom. The minimum atomic E-state index is 0.118. The first-order chi connectivity index (χ1) is 12.0. The molecule has 0 N–H and O–H groups in total. The summed E-state index contributed by atoms with van der Waals surface area (Å²) in [6, 6.07) is 4.20. The Labute approximate surface area is 152 Å². The number of ether oxygens (including phenoxy) is 1. The Balaban J connectivity index is 1.90. The van der Waals surface area contributed by atoms with Gasteiger partial charge in [0.1, 0.15) is 5.75 Å². The number of aryl methyl sites for hydroxylation is 2. The largest absolute Gasteiger partial charge is 0.497 e. The van der Waals surface area contributed by atoms with Crippen molar-refractivity contribution >= 4 is 11.6 Å². The number of quaternary nitrogens is 1. The lowest BCUT2D eigenvalue weighted by molar-refractivity contribution is -0.924.